The normalized spacial score (nSPS) is 12.5. The van der Waals surface area contributed by atoms with Gasteiger partial charge < -0.3 is 9.88 Å². The van der Waals surface area contributed by atoms with Gasteiger partial charge in [0.15, 0.2) is 0 Å². The monoisotopic (exact) mass is 257 g/mol. The molecule has 0 aliphatic carbocycles. The van der Waals surface area contributed by atoms with Crippen molar-refractivity contribution in [3.8, 4) is 0 Å². The molecule has 0 bridgehead atoms. The summed E-state index contributed by atoms with van der Waals surface area (Å²) in [5.41, 5.74) is 1.37. The van der Waals surface area contributed by atoms with Gasteiger partial charge in [0.05, 0.1) is 6.54 Å². The molecule has 19 heavy (non-hydrogen) atoms. The molecule has 3 heteroatoms. The van der Waals surface area contributed by atoms with Crippen LogP contribution in [0.3, 0.4) is 0 Å². The molecule has 1 atom stereocenters. The van der Waals surface area contributed by atoms with Crippen LogP contribution in [0, 0.1) is 0 Å². The number of hydrogen-bond donors (Lipinski definition) is 1. The van der Waals surface area contributed by atoms with E-state index in [4.69, 9.17) is 0 Å². The van der Waals surface area contributed by atoms with E-state index in [1.165, 1.54) is 24.8 Å². The van der Waals surface area contributed by atoms with Crippen molar-refractivity contribution >= 4 is 0 Å². The molecule has 2 rings (SSSR count). The summed E-state index contributed by atoms with van der Waals surface area (Å²) < 4.78 is 2.06. The highest BCUT2D eigenvalue weighted by atomic mass is 15.1. The standard InChI is InChI=1S/C16H23N3/c1-3-4-10-15(14-8-6-5-7-9-14)18-13-16-17-11-12-19(16)2/h5-9,11-12,15,18H,3-4,10,13H2,1-2H3. The topological polar surface area (TPSA) is 29.9 Å². The van der Waals surface area contributed by atoms with Gasteiger partial charge in [-0.15, -0.1) is 0 Å². The third kappa shape index (κ3) is 3.93. The van der Waals surface area contributed by atoms with Crippen molar-refractivity contribution in [2.75, 3.05) is 0 Å². The SMILES string of the molecule is CCCCC(NCc1nccn1C)c1ccccc1. The van der Waals surface area contributed by atoms with E-state index in [1.807, 2.05) is 19.4 Å². The number of hydrogen-bond acceptors (Lipinski definition) is 2. The second kappa shape index (κ2) is 7.10. The van der Waals surface area contributed by atoms with E-state index in [1.54, 1.807) is 0 Å². The molecule has 0 saturated carbocycles. The number of nitrogens with one attached hydrogen (secondary N) is 1. The first-order valence-electron chi connectivity index (χ1n) is 7.05. The first-order valence-corrected chi connectivity index (χ1v) is 7.05. The minimum atomic E-state index is 0.415. The molecule has 102 valence electrons. The van der Waals surface area contributed by atoms with Gasteiger partial charge in [-0.25, -0.2) is 4.98 Å². The predicted octanol–water partition coefficient (Wildman–Crippen LogP) is 3.44. The highest BCUT2D eigenvalue weighted by Crippen LogP contribution is 2.19. The Kier molecular flexibility index (Phi) is 5.16. The van der Waals surface area contributed by atoms with Crippen LogP contribution in [0.1, 0.15) is 43.6 Å². The van der Waals surface area contributed by atoms with E-state index in [0.717, 1.165) is 12.4 Å². The molecule has 2 aromatic rings. The van der Waals surface area contributed by atoms with Crippen molar-refractivity contribution < 1.29 is 0 Å². The highest BCUT2D eigenvalue weighted by molar-refractivity contribution is 5.18. The summed E-state index contributed by atoms with van der Waals surface area (Å²) in [6.07, 6.45) is 7.48. The second-order valence-corrected chi connectivity index (χ2v) is 4.94. The van der Waals surface area contributed by atoms with Crippen molar-refractivity contribution in [3.63, 3.8) is 0 Å². The van der Waals surface area contributed by atoms with Crippen LogP contribution in [0.15, 0.2) is 42.7 Å². The summed E-state index contributed by atoms with van der Waals surface area (Å²) >= 11 is 0. The molecule has 0 spiro atoms. The third-order valence-electron chi connectivity index (χ3n) is 3.48. The minimum absolute atomic E-state index is 0.415. The van der Waals surface area contributed by atoms with Crippen molar-refractivity contribution in [2.45, 2.75) is 38.8 Å². The van der Waals surface area contributed by atoms with Gasteiger partial charge in [0.25, 0.3) is 0 Å². The first kappa shape index (κ1) is 13.8. The van der Waals surface area contributed by atoms with E-state index in [-0.39, 0.29) is 0 Å². The molecular formula is C16H23N3. The van der Waals surface area contributed by atoms with Crippen molar-refractivity contribution in [1.82, 2.24) is 14.9 Å². The fraction of sp³-hybridized carbons (Fsp3) is 0.438. The lowest BCUT2D eigenvalue weighted by Crippen LogP contribution is -2.22. The molecule has 0 fully saturated rings. The molecule has 1 unspecified atom stereocenters. The lowest BCUT2D eigenvalue weighted by molar-refractivity contribution is 0.469. The molecule has 0 aliphatic heterocycles. The zero-order chi connectivity index (χ0) is 13.5. The summed E-state index contributed by atoms with van der Waals surface area (Å²) in [7, 11) is 2.04. The van der Waals surface area contributed by atoms with Crippen LogP contribution in [0.5, 0.6) is 0 Å². The van der Waals surface area contributed by atoms with Gasteiger partial charge in [0.2, 0.25) is 0 Å². The molecule has 3 nitrogen and oxygen atoms in total. The molecule has 1 aromatic heterocycles. The predicted molar refractivity (Wildman–Crippen MR) is 78.8 cm³/mol. The van der Waals surface area contributed by atoms with Gasteiger partial charge in [-0.2, -0.15) is 0 Å². The molecule has 0 aliphatic rings. The molecule has 1 N–H and O–H groups in total. The fourth-order valence-corrected chi connectivity index (χ4v) is 2.26. The molecule has 0 saturated heterocycles. The Bertz CT molecular complexity index is 476. The van der Waals surface area contributed by atoms with Crippen LogP contribution in [0.25, 0.3) is 0 Å². The van der Waals surface area contributed by atoms with Gasteiger partial charge in [-0.3, -0.25) is 0 Å². The van der Waals surface area contributed by atoms with Crippen LogP contribution in [0.2, 0.25) is 0 Å². The van der Waals surface area contributed by atoms with Crippen LogP contribution < -0.4 is 5.32 Å². The van der Waals surface area contributed by atoms with Crippen LogP contribution in [0.4, 0.5) is 0 Å². The summed E-state index contributed by atoms with van der Waals surface area (Å²) in [4.78, 5) is 4.36. The number of aromatic nitrogens is 2. The maximum absolute atomic E-state index is 4.36. The van der Waals surface area contributed by atoms with E-state index >= 15 is 0 Å². The van der Waals surface area contributed by atoms with Gasteiger partial charge in [-0.05, 0) is 12.0 Å². The smallest absolute Gasteiger partial charge is 0.122 e. The average Bonchev–Trinajstić information content (AvgIpc) is 2.85. The Balaban J connectivity index is 2.00. The Hall–Kier alpha value is -1.61. The number of imidazole rings is 1. The Morgan fingerprint density at radius 1 is 1.26 bits per heavy atom. The zero-order valence-corrected chi connectivity index (χ0v) is 11.8. The van der Waals surface area contributed by atoms with Crippen LogP contribution in [-0.4, -0.2) is 9.55 Å². The van der Waals surface area contributed by atoms with Gasteiger partial charge in [-0.1, -0.05) is 50.1 Å². The van der Waals surface area contributed by atoms with E-state index in [9.17, 15) is 0 Å². The number of unbranched alkanes of at least 4 members (excludes halogenated alkanes) is 1. The summed E-state index contributed by atoms with van der Waals surface area (Å²) in [6.45, 7) is 3.05. The summed E-state index contributed by atoms with van der Waals surface area (Å²) in [5, 5.41) is 3.63. The molecule has 0 amide bonds. The molecule has 1 aromatic carbocycles. The quantitative estimate of drug-likeness (QED) is 0.823. The molecule has 1 heterocycles. The Morgan fingerprint density at radius 3 is 2.68 bits per heavy atom. The van der Waals surface area contributed by atoms with Gasteiger partial charge >= 0.3 is 0 Å². The second-order valence-electron chi connectivity index (χ2n) is 4.94. The maximum Gasteiger partial charge on any atom is 0.122 e. The summed E-state index contributed by atoms with van der Waals surface area (Å²) in [5.74, 6) is 1.08. The third-order valence-corrected chi connectivity index (χ3v) is 3.48. The average molecular weight is 257 g/mol. The highest BCUT2D eigenvalue weighted by Gasteiger charge is 2.11. The van der Waals surface area contributed by atoms with Gasteiger partial charge in [0, 0.05) is 25.5 Å². The molecule has 0 radical (unpaired) electrons. The summed E-state index contributed by atoms with van der Waals surface area (Å²) in [6, 6.07) is 11.1. The number of benzene rings is 1. The Morgan fingerprint density at radius 2 is 2.05 bits per heavy atom. The van der Waals surface area contributed by atoms with E-state index < -0.39 is 0 Å². The van der Waals surface area contributed by atoms with Gasteiger partial charge in [0.1, 0.15) is 5.82 Å². The van der Waals surface area contributed by atoms with Crippen molar-refractivity contribution in [2.24, 2.45) is 7.05 Å². The van der Waals surface area contributed by atoms with E-state index in [2.05, 4.69) is 52.1 Å². The lowest BCUT2D eigenvalue weighted by Gasteiger charge is -2.19. The van der Waals surface area contributed by atoms with Crippen LogP contribution in [-0.2, 0) is 13.6 Å². The van der Waals surface area contributed by atoms with Crippen LogP contribution >= 0.6 is 0 Å². The van der Waals surface area contributed by atoms with Crippen molar-refractivity contribution in [3.05, 3.63) is 54.1 Å². The lowest BCUT2D eigenvalue weighted by atomic mass is 10.0. The Labute approximate surface area is 115 Å². The fourth-order valence-electron chi connectivity index (χ4n) is 2.26. The minimum Gasteiger partial charge on any atom is -0.337 e. The molecular weight excluding hydrogens is 234 g/mol. The van der Waals surface area contributed by atoms with E-state index in [0.29, 0.717) is 6.04 Å². The number of aryl methyl sites for hydroxylation is 1. The largest absolute Gasteiger partial charge is 0.337 e. The maximum atomic E-state index is 4.36. The number of nitrogens with zero attached hydrogens (tertiary/aromatic N) is 2. The zero-order valence-electron chi connectivity index (χ0n) is 11.8. The first-order chi connectivity index (χ1) is 9.31. The number of rotatable bonds is 7. The van der Waals surface area contributed by atoms with Crippen molar-refractivity contribution in [1.29, 1.82) is 0 Å².